The molecule has 0 bridgehead atoms. The Kier molecular flexibility index (Phi) is 15.4. The summed E-state index contributed by atoms with van der Waals surface area (Å²) in [4.78, 5) is 0. The smallest absolute Gasteiger partial charge is 0.161 e. The van der Waals surface area contributed by atoms with Gasteiger partial charge in [-0.3, -0.25) is 0 Å². The fourth-order valence-electron chi connectivity index (χ4n) is 5.36. The first-order valence-corrected chi connectivity index (χ1v) is 17.6. The topological polar surface area (TPSA) is 91.3 Å². The van der Waals surface area contributed by atoms with E-state index in [-0.39, 0.29) is 5.75 Å². The van der Waals surface area contributed by atoms with E-state index in [1.165, 1.54) is 52.7 Å². The highest BCUT2D eigenvalue weighted by atomic mass is 32.2. The van der Waals surface area contributed by atoms with Gasteiger partial charge in [-0.25, -0.2) is 8.42 Å². The summed E-state index contributed by atoms with van der Waals surface area (Å²) in [7, 11) is -0.702. The number of sulfone groups is 1. The van der Waals surface area contributed by atoms with Crippen molar-refractivity contribution < 1.29 is 32.5 Å². The van der Waals surface area contributed by atoms with Crippen molar-refractivity contribution in [1.82, 2.24) is 0 Å². The summed E-state index contributed by atoms with van der Waals surface area (Å²) in [6.07, 6.45) is 10.00. The van der Waals surface area contributed by atoms with Gasteiger partial charge in [-0.15, -0.1) is 0 Å². The van der Waals surface area contributed by atoms with Crippen LogP contribution in [-0.4, -0.2) is 46.2 Å². The lowest BCUT2D eigenvalue weighted by Gasteiger charge is -2.28. The van der Waals surface area contributed by atoms with Crippen molar-refractivity contribution in [3.63, 3.8) is 0 Å². The van der Waals surface area contributed by atoms with Crippen LogP contribution in [0.5, 0.6) is 23.0 Å². The van der Waals surface area contributed by atoms with E-state index in [0.29, 0.717) is 41.6 Å². The van der Waals surface area contributed by atoms with Gasteiger partial charge in [-0.1, -0.05) is 113 Å². The average Bonchev–Trinajstić information content (AvgIpc) is 3.05. The summed E-state index contributed by atoms with van der Waals surface area (Å²) >= 11 is 0. The fourth-order valence-corrected chi connectivity index (χ4v) is 7.39. The van der Waals surface area contributed by atoms with Crippen LogP contribution in [0.1, 0.15) is 87.5 Å². The first-order valence-electron chi connectivity index (χ1n) is 15.9. The lowest BCUT2D eigenvalue weighted by atomic mass is 10.1. The molecule has 0 aliphatic rings. The summed E-state index contributed by atoms with van der Waals surface area (Å²) in [6.45, 7) is 2.06. The maximum absolute atomic E-state index is 14.0. The zero-order chi connectivity index (χ0) is 31.6. The first kappa shape index (κ1) is 35.3. The van der Waals surface area contributed by atoms with Gasteiger partial charge < -0.3 is 24.1 Å². The van der Waals surface area contributed by atoms with Crippen molar-refractivity contribution >= 4 is 9.84 Å². The van der Waals surface area contributed by atoms with Gasteiger partial charge in [0.1, 0.15) is 18.0 Å². The van der Waals surface area contributed by atoms with Gasteiger partial charge in [-0.2, -0.15) is 0 Å². The minimum absolute atomic E-state index is 0.00543. The molecule has 3 aromatic rings. The predicted octanol–water partition coefficient (Wildman–Crippen LogP) is 8.10. The fraction of sp³-hybridized carbons (Fsp3) is 0.500. The number of ether oxygens (including phenoxy) is 4. The highest BCUT2D eigenvalue weighted by Gasteiger charge is 2.37. The van der Waals surface area contributed by atoms with Crippen molar-refractivity contribution in [3.8, 4) is 23.0 Å². The molecule has 2 unspecified atom stereocenters. The minimum atomic E-state index is -3.75. The summed E-state index contributed by atoms with van der Waals surface area (Å²) < 4.78 is 51.3. The zero-order valence-corrected chi connectivity index (χ0v) is 27.4. The summed E-state index contributed by atoms with van der Waals surface area (Å²) in [5.41, 5.74) is 1.47. The third-order valence-electron chi connectivity index (χ3n) is 7.79. The molecule has 0 spiro atoms. The van der Waals surface area contributed by atoms with Crippen molar-refractivity contribution in [2.75, 3.05) is 26.6 Å². The van der Waals surface area contributed by atoms with Crippen LogP contribution in [0.25, 0.3) is 0 Å². The Bertz CT molecular complexity index is 1330. The molecule has 3 aromatic carbocycles. The molecule has 0 heterocycles. The molecule has 2 atom stereocenters. The maximum Gasteiger partial charge on any atom is 0.161 e. The Labute approximate surface area is 264 Å². The number of methoxy groups -OCH3 is 2. The van der Waals surface area contributed by atoms with Crippen LogP contribution < -0.4 is 18.9 Å². The number of hydrogen-bond donors (Lipinski definition) is 1. The van der Waals surface area contributed by atoms with Crippen LogP contribution in [0.15, 0.2) is 72.8 Å². The molecule has 0 radical (unpaired) electrons. The van der Waals surface area contributed by atoms with Gasteiger partial charge in [-0.05, 0) is 41.8 Å². The Morgan fingerprint density at radius 1 is 0.682 bits per heavy atom. The molecule has 0 saturated heterocycles. The van der Waals surface area contributed by atoms with E-state index in [1.54, 1.807) is 42.5 Å². The quantitative estimate of drug-likeness (QED) is 0.113. The molecule has 0 amide bonds. The van der Waals surface area contributed by atoms with Gasteiger partial charge in [0, 0.05) is 0 Å². The SMILES string of the molecule is CCCCCCCCCCCCS(=O)(=O)C(c1ccc(OCc2ccccc2)c(OC)c1)C(CO)Oc1ccccc1OC. The Balaban J connectivity index is 1.78. The molecule has 0 saturated carbocycles. The lowest BCUT2D eigenvalue weighted by molar-refractivity contribution is 0.108. The van der Waals surface area contributed by atoms with Crippen LogP contribution in [0.2, 0.25) is 0 Å². The standard InChI is InChI=1S/C36H50O7S/c1-4-5-6-7-8-9-10-11-12-18-25-44(38,39)36(35(27-37)43-33-22-17-16-21-31(33)40-2)30-23-24-32(34(26-30)41-3)42-28-29-19-14-13-15-20-29/h13-17,19-24,26,35-37H,4-12,18,25,27-28H2,1-3H3. The molecule has 0 aliphatic carbocycles. The molecule has 7 nitrogen and oxygen atoms in total. The maximum atomic E-state index is 14.0. The Hall–Kier alpha value is -3.23. The molecule has 8 heteroatoms. The number of para-hydroxylation sites is 2. The van der Waals surface area contributed by atoms with E-state index < -0.39 is 27.8 Å². The van der Waals surface area contributed by atoms with Crippen molar-refractivity contribution in [1.29, 1.82) is 0 Å². The van der Waals surface area contributed by atoms with Crippen LogP contribution in [0.4, 0.5) is 0 Å². The highest BCUT2D eigenvalue weighted by molar-refractivity contribution is 7.91. The van der Waals surface area contributed by atoms with E-state index in [2.05, 4.69) is 6.92 Å². The summed E-state index contributed by atoms with van der Waals surface area (Å²) in [6, 6.07) is 21.9. The summed E-state index contributed by atoms with van der Waals surface area (Å²) in [5.74, 6) is 1.72. The molecule has 44 heavy (non-hydrogen) atoms. The molecule has 1 N–H and O–H groups in total. The highest BCUT2D eigenvalue weighted by Crippen LogP contribution is 2.38. The minimum Gasteiger partial charge on any atom is -0.493 e. The third-order valence-corrected chi connectivity index (χ3v) is 9.99. The van der Waals surface area contributed by atoms with Gasteiger partial charge >= 0.3 is 0 Å². The van der Waals surface area contributed by atoms with Crippen LogP contribution in [-0.2, 0) is 16.4 Å². The lowest BCUT2D eigenvalue weighted by Crippen LogP contribution is -2.35. The molecule has 3 rings (SSSR count). The molecule has 0 fully saturated rings. The third kappa shape index (κ3) is 11.0. The van der Waals surface area contributed by atoms with Crippen LogP contribution >= 0.6 is 0 Å². The van der Waals surface area contributed by atoms with Gasteiger partial charge in [0.2, 0.25) is 0 Å². The van der Waals surface area contributed by atoms with Crippen molar-refractivity contribution in [2.24, 2.45) is 0 Å². The van der Waals surface area contributed by atoms with Crippen molar-refractivity contribution in [2.45, 2.75) is 89.1 Å². The largest absolute Gasteiger partial charge is 0.493 e. The van der Waals surface area contributed by atoms with Crippen LogP contribution in [0, 0.1) is 0 Å². The van der Waals surface area contributed by atoms with Gasteiger partial charge in [0.25, 0.3) is 0 Å². The van der Waals surface area contributed by atoms with Gasteiger partial charge in [0.05, 0.1) is 26.6 Å². The number of benzene rings is 3. The van der Waals surface area contributed by atoms with Crippen molar-refractivity contribution in [3.05, 3.63) is 83.9 Å². The first-order chi connectivity index (χ1) is 21.4. The van der Waals surface area contributed by atoms with E-state index in [4.69, 9.17) is 18.9 Å². The molecule has 242 valence electrons. The van der Waals surface area contributed by atoms with Gasteiger partial charge in [0.15, 0.2) is 32.8 Å². The molecule has 0 aromatic heterocycles. The number of hydrogen-bond acceptors (Lipinski definition) is 7. The molecular formula is C36H50O7S. The number of unbranched alkanes of at least 4 members (excludes halogenated alkanes) is 9. The number of aliphatic hydroxyl groups is 1. The zero-order valence-electron chi connectivity index (χ0n) is 26.6. The predicted molar refractivity (Wildman–Crippen MR) is 177 cm³/mol. The molecule has 0 aliphatic heterocycles. The second-order valence-corrected chi connectivity index (χ2v) is 13.4. The van der Waals surface area contributed by atoms with E-state index >= 15 is 0 Å². The number of rotatable bonds is 22. The van der Waals surface area contributed by atoms with E-state index in [1.807, 2.05) is 30.3 Å². The Morgan fingerprint density at radius 3 is 1.89 bits per heavy atom. The molecular weight excluding hydrogens is 576 g/mol. The van der Waals surface area contributed by atoms with Crippen LogP contribution in [0.3, 0.4) is 0 Å². The average molecular weight is 627 g/mol. The normalized spacial score (nSPS) is 12.8. The Morgan fingerprint density at radius 2 is 1.27 bits per heavy atom. The second kappa shape index (κ2) is 19.2. The second-order valence-electron chi connectivity index (χ2n) is 11.1. The monoisotopic (exact) mass is 626 g/mol. The summed E-state index contributed by atoms with van der Waals surface area (Å²) in [5, 5.41) is 9.37. The number of aliphatic hydroxyl groups excluding tert-OH is 1. The van der Waals surface area contributed by atoms with E-state index in [0.717, 1.165) is 24.8 Å². The van der Waals surface area contributed by atoms with E-state index in [9.17, 15) is 13.5 Å².